The summed E-state index contributed by atoms with van der Waals surface area (Å²) in [4.78, 5) is 0. The fourth-order valence-electron chi connectivity index (χ4n) is 2.89. The molecule has 1 saturated heterocycles. The van der Waals surface area contributed by atoms with Gasteiger partial charge in [0, 0.05) is 31.7 Å². The van der Waals surface area contributed by atoms with E-state index in [1.54, 1.807) is 0 Å². The second-order valence-electron chi connectivity index (χ2n) is 5.96. The molecule has 1 aliphatic rings. The number of hydrogen-bond donors (Lipinski definition) is 1. The zero-order valence-corrected chi connectivity index (χ0v) is 13.5. The molecular weight excluding hydrogens is 286 g/mol. The van der Waals surface area contributed by atoms with E-state index < -0.39 is 0 Å². The highest BCUT2D eigenvalue weighted by Gasteiger charge is 2.14. The molecule has 0 aliphatic carbocycles. The summed E-state index contributed by atoms with van der Waals surface area (Å²) < 4.78 is 11.6. The monoisotopic (exact) mass is 311 g/mol. The molecular formula is C20H25NO2. The summed E-state index contributed by atoms with van der Waals surface area (Å²) in [7, 11) is 0. The van der Waals surface area contributed by atoms with E-state index in [0.717, 1.165) is 31.9 Å². The second-order valence-corrected chi connectivity index (χ2v) is 5.96. The normalized spacial score (nSPS) is 17.3. The van der Waals surface area contributed by atoms with Crippen LogP contribution in [0.25, 0.3) is 0 Å². The Hall–Kier alpha value is -1.84. The van der Waals surface area contributed by atoms with Gasteiger partial charge in [0.1, 0.15) is 5.75 Å². The van der Waals surface area contributed by atoms with Gasteiger partial charge in [-0.25, -0.2) is 0 Å². The van der Waals surface area contributed by atoms with Crippen LogP contribution in [0.15, 0.2) is 54.6 Å². The molecule has 3 nitrogen and oxygen atoms in total. The summed E-state index contributed by atoms with van der Waals surface area (Å²) in [5.41, 5.74) is 2.51. The SMILES string of the molecule is c1ccc(CCOc2ccccc2CNCC2CCCO2)cc1. The van der Waals surface area contributed by atoms with E-state index in [0.29, 0.717) is 12.7 Å². The van der Waals surface area contributed by atoms with Crippen molar-refractivity contribution >= 4 is 0 Å². The highest BCUT2D eigenvalue weighted by molar-refractivity contribution is 5.33. The van der Waals surface area contributed by atoms with Gasteiger partial charge in [-0.05, 0) is 24.5 Å². The van der Waals surface area contributed by atoms with Crippen LogP contribution in [0.2, 0.25) is 0 Å². The summed E-state index contributed by atoms with van der Waals surface area (Å²) in [5.74, 6) is 0.975. The van der Waals surface area contributed by atoms with Crippen LogP contribution in [0, 0.1) is 0 Å². The number of benzene rings is 2. The molecule has 1 atom stereocenters. The maximum atomic E-state index is 5.99. The van der Waals surface area contributed by atoms with Gasteiger partial charge >= 0.3 is 0 Å². The van der Waals surface area contributed by atoms with E-state index in [9.17, 15) is 0 Å². The molecule has 1 aliphatic heterocycles. The van der Waals surface area contributed by atoms with Crippen LogP contribution in [0.5, 0.6) is 5.75 Å². The van der Waals surface area contributed by atoms with Crippen molar-refractivity contribution in [3.05, 3.63) is 65.7 Å². The van der Waals surface area contributed by atoms with Crippen LogP contribution in [0.1, 0.15) is 24.0 Å². The molecule has 3 heteroatoms. The Morgan fingerprint density at radius 2 is 1.87 bits per heavy atom. The zero-order valence-electron chi connectivity index (χ0n) is 13.5. The lowest BCUT2D eigenvalue weighted by Crippen LogP contribution is -2.26. The van der Waals surface area contributed by atoms with Crippen molar-refractivity contribution < 1.29 is 9.47 Å². The molecule has 1 fully saturated rings. The van der Waals surface area contributed by atoms with Gasteiger partial charge in [-0.1, -0.05) is 48.5 Å². The van der Waals surface area contributed by atoms with Gasteiger partial charge < -0.3 is 14.8 Å². The van der Waals surface area contributed by atoms with E-state index in [2.05, 4.69) is 41.7 Å². The third-order valence-electron chi connectivity index (χ3n) is 4.18. The van der Waals surface area contributed by atoms with Gasteiger partial charge in [-0.2, -0.15) is 0 Å². The largest absolute Gasteiger partial charge is 0.493 e. The molecule has 0 bridgehead atoms. The summed E-state index contributed by atoms with van der Waals surface area (Å²) in [5, 5.41) is 3.49. The van der Waals surface area contributed by atoms with Crippen LogP contribution in [0.3, 0.4) is 0 Å². The minimum Gasteiger partial charge on any atom is -0.493 e. The summed E-state index contributed by atoms with van der Waals surface area (Å²) >= 11 is 0. The van der Waals surface area contributed by atoms with Crippen molar-refractivity contribution in [3.8, 4) is 5.75 Å². The van der Waals surface area contributed by atoms with Crippen LogP contribution in [0.4, 0.5) is 0 Å². The first-order chi connectivity index (χ1) is 11.4. The molecule has 1 heterocycles. The van der Waals surface area contributed by atoms with Crippen LogP contribution < -0.4 is 10.1 Å². The first kappa shape index (κ1) is 16.0. The van der Waals surface area contributed by atoms with Crippen molar-refractivity contribution in [1.82, 2.24) is 5.32 Å². The lowest BCUT2D eigenvalue weighted by Gasteiger charge is -2.14. The van der Waals surface area contributed by atoms with Gasteiger partial charge in [0.25, 0.3) is 0 Å². The Bertz CT molecular complexity index is 579. The first-order valence-electron chi connectivity index (χ1n) is 8.49. The fraction of sp³-hybridized carbons (Fsp3) is 0.400. The number of hydrogen-bond acceptors (Lipinski definition) is 3. The van der Waals surface area contributed by atoms with Crippen molar-refractivity contribution in [2.45, 2.75) is 31.9 Å². The number of para-hydroxylation sites is 1. The molecule has 0 radical (unpaired) electrons. The molecule has 2 aromatic rings. The molecule has 0 saturated carbocycles. The maximum absolute atomic E-state index is 5.99. The summed E-state index contributed by atoms with van der Waals surface area (Å²) in [6.07, 6.45) is 3.66. The molecule has 2 aromatic carbocycles. The van der Waals surface area contributed by atoms with E-state index in [4.69, 9.17) is 9.47 Å². The fourth-order valence-corrected chi connectivity index (χ4v) is 2.89. The van der Waals surface area contributed by atoms with Gasteiger partial charge in [-0.3, -0.25) is 0 Å². The molecule has 0 amide bonds. The number of rotatable bonds is 8. The lowest BCUT2D eigenvalue weighted by atomic mass is 10.1. The van der Waals surface area contributed by atoms with Crippen molar-refractivity contribution in [2.75, 3.05) is 19.8 Å². The lowest BCUT2D eigenvalue weighted by molar-refractivity contribution is 0.110. The predicted octanol–water partition coefficient (Wildman–Crippen LogP) is 3.58. The highest BCUT2D eigenvalue weighted by atomic mass is 16.5. The Kier molecular flexibility index (Phi) is 6.07. The smallest absolute Gasteiger partial charge is 0.123 e. The first-order valence-corrected chi connectivity index (χ1v) is 8.49. The summed E-state index contributed by atoms with van der Waals surface area (Å²) in [6, 6.07) is 18.7. The van der Waals surface area contributed by atoms with E-state index in [1.807, 2.05) is 18.2 Å². The number of ether oxygens (including phenoxy) is 2. The van der Waals surface area contributed by atoms with Crippen molar-refractivity contribution in [2.24, 2.45) is 0 Å². The molecule has 1 unspecified atom stereocenters. The van der Waals surface area contributed by atoms with Gasteiger partial charge in [-0.15, -0.1) is 0 Å². The molecule has 23 heavy (non-hydrogen) atoms. The summed E-state index contributed by atoms with van der Waals surface area (Å²) in [6.45, 7) is 3.35. The average molecular weight is 311 g/mol. The van der Waals surface area contributed by atoms with Crippen LogP contribution in [-0.4, -0.2) is 25.9 Å². The Balaban J connectivity index is 1.46. The Labute approximate surface area is 138 Å². The molecule has 0 spiro atoms. The minimum atomic E-state index is 0.376. The number of nitrogens with one attached hydrogen (secondary N) is 1. The predicted molar refractivity (Wildman–Crippen MR) is 92.8 cm³/mol. The third kappa shape index (κ3) is 5.08. The minimum absolute atomic E-state index is 0.376. The van der Waals surface area contributed by atoms with E-state index in [1.165, 1.54) is 24.0 Å². The topological polar surface area (TPSA) is 30.5 Å². The molecule has 0 aromatic heterocycles. The van der Waals surface area contributed by atoms with Crippen molar-refractivity contribution in [3.63, 3.8) is 0 Å². The van der Waals surface area contributed by atoms with Gasteiger partial charge in [0.15, 0.2) is 0 Å². The van der Waals surface area contributed by atoms with Crippen LogP contribution >= 0.6 is 0 Å². The standard InChI is InChI=1S/C20H25NO2/c1-2-7-17(8-3-1)12-14-23-20-11-5-4-9-18(20)15-21-16-19-10-6-13-22-19/h1-5,7-9,11,19,21H,6,10,12-16H2. The van der Waals surface area contributed by atoms with Crippen molar-refractivity contribution in [1.29, 1.82) is 0 Å². The highest BCUT2D eigenvalue weighted by Crippen LogP contribution is 2.18. The quantitative estimate of drug-likeness (QED) is 0.808. The Morgan fingerprint density at radius 1 is 1.04 bits per heavy atom. The Morgan fingerprint density at radius 3 is 2.70 bits per heavy atom. The third-order valence-corrected chi connectivity index (χ3v) is 4.18. The van der Waals surface area contributed by atoms with E-state index >= 15 is 0 Å². The average Bonchev–Trinajstić information content (AvgIpc) is 3.11. The molecule has 3 rings (SSSR count). The molecule has 122 valence electrons. The molecule has 1 N–H and O–H groups in total. The zero-order chi connectivity index (χ0) is 15.7. The van der Waals surface area contributed by atoms with Gasteiger partial charge in [0.2, 0.25) is 0 Å². The second kappa shape index (κ2) is 8.70. The van der Waals surface area contributed by atoms with Crippen LogP contribution in [-0.2, 0) is 17.7 Å². The van der Waals surface area contributed by atoms with Gasteiger partial charge in [0.05, 0.1) is 12.7 Å². The maximum Gasteiger partial charge on any atom is 0.123 e. The van der Waals surface area contributed by atoms with E-state index in [-0.39, 0.29) is 0 Å².